The lowest BCUT2D eigenvalue weighted by Gasteiger charge is -2.17. The highest BCUT2D eigenvalue weighted by Gasteiger charge is 2.20. The molecule has 0 saturated carbocycles. The number of hydrogen-bond donors (Lipinski definition) is 1. The SMILES string of the molecule is O=C(O)c1ccc(-n2nnnc2SC(c2ccccc2)c2ccc(Cl)cc2)cc1. The van der Waals surface area contributed by atoms with Gasteiger partial charge in [-0.3, -0.25) is 0 Å². The molecule has 1 aromatic heterocycles. The first-order valence-corrected chi connectivity index (χ1v) is 9.97. The molecule has 1 N–H and O–H groups in total. The Hall–Kier alpha value is -3.16. The van der Waals surface area contributed by atoms with Crippen LogP contribution in [-0.4, -0.2) is 31.3 Å². The van der Waals surface area contributed by atoms with Gasteiger partial charge >= 0.3 is 5.97 Å². The van der Waals surface area contributed by atoms with E-state index in [0.29, 0.717) is 15.9 Å². The van der Waals surface area contributed by atoms with E-state index in [1.54, 1.807) is 16.8 Å². The average Bonchev–Trinajstić information content (AvgIpc) is 3.22. The molecule has 8 heteroatoms. The van der Waals surface area contributed by atoms with Gasteiger partial charge in [0.15, 0.2) is 0 Å². The molecule has 0 radical (unpaired) electrons. The smallest absolute Gasteiger partial charge is 0.335 e. The fourth-order valence-electron chi connectivity index (χ4n) is 2.86. The first-order valence-electron chi connectivity index (χ1n) is 8.71. The van der Waals surface area contributed by atoms with Crippen LogP contribution >= 0.6 is 23.4 Å². The molecule has 0 aliphatic carbocycles. The first-order chi connectivity index (χ1) is 14.1. The van der Waals surface area contributed by atoms with E-state index in [-0.39, 0.29) is 10.8 Å². The summed E-state index contributed by atoms with van der Waals surface area (Å²) in [4.78, 5) is 11.1. The summed E-state index contributed by atoms with van der Waals surface area (Å²) in [5, 5.41) is 22.4. The predicted molar refractivity (Wildman–Crippen MR) is 112 cm³/mol. The highest BCUT2D eigenvalue weighted by Crippen LogP contribution is 2.40. The molecule has 0 fully saturated rings. The van der Waals surface area contributed by atoms with E-state index in [1.807, 2.05) is 42.5 Å². The first kappa shape index (κ1) is 19.2. The number of thioether (sulfide) groups is 1. The van der Waals surface area contributed by atoms with Gasteiger partial charge in [-0.15, -0.1) is 5.10 Å². The standard InChI is InChI=1S/C21H15ClN4O2S/c22-17-10-6-15(7-11-17)19(14-4-2-1-3-5-14)29-21-23-24-25-26(21)18-12-8-16(9-13-18)20(27)28/h1-13,19H,(H,27,28). The van der Waals surface area contributed by atoms with E-state index in [0.717, 1.165) is 11.1 Å². The summed E-state index contributed by atoms with van der Waals surface area (Å²) in [6.07, 6.45) is 0. The van der Waals surface area contributed by atoms with Crippen molar-refractivity contribution in [3.63, 3.8) is 0 Å². The fourth-order valence-corrected chi connectivity index (χ4v) is 4.11. The number of tetrazole rings is 1. The molecule has 4 aromatic rings. The van der Waals surface area contributed by atoms with Gasteiger partial charge in [0.1, 0.15) is 0 Å². The number of halogens is 1. The molecular weight excluding hydrogens is 408 g/mol. The molecule has 0 aliphatic rings. The topological polar surface area (TPSA) is 80.9 Å². The number of aromatic nitrogens is 4. The summed E-state index contributed by atoms with van der Waals surface area (Å²) in [6, 6.07) is 24.2. The van der Waals surface area contributed by atoms with Crippen molar-refractivity contribution in [3.05, 3.63) is 101 Å². The largest absolute Gasteiger partial charge is 0.478 e. The summed E-state index contributed by atoms with van der Waals surface area (Å²) < 4.78 is 1.60. The molecule has 1 unspecified atom stereocenters. The molecule has 4 rings (SSSR count). The molecule has 29 heavy (non-hydrogen) atoms. The van der Waals surface area contributed by atoms with Crippen LogP contribution in [-0.2, 0) is 0 Å². The zero-order chi connectivity index (χ0) is 20.2. The molecule has 6 nitrogen and oxygen atoms in total. The molecule has 1 atom stereocenters. The van der Waals surface area contributed by atoms with Crippen LogP contribution in [0.4, 0.5) is 0 Å². The van der Waals surface area contributed by atoms with Gasteiger partial charge in [-0.25, -0.2) is 4.79 Å². The van der Waals surface area contributed by atoms with Crippen LogP contribution in [0.2, 0.25) is 5.02 Å². The Morgan fingerprint density at radius 2 is 1.59 bits per heavy atom. The Labute approximate surface area is 176 Å². The van der Waals surface area contributed by atoms with E-state index in [1.165, 1.54) is 23.9 Å². The number of nitrogens with zero attached hydrogens (tertiary/aromatic N) is 4. The van der Waals surface area contributed by atoms with Gasteiger partial charge < -0.3 is 5.11 Å². The number of hydrogen-bond acceptors (Lipinski definition) is 5. The second kappa shape index (κ2) is 8.46. The Morgan fingerprint density at radius 1 is 0.931 bits per heavy atom. The van der Waals surface area contributed by atoms with E-state index >= 15 is 0 Å². The van der Waals surface area contributed by atoms with Gasteiger partial charge in [-0.05, 0) is 58.0 Å². The molecule has 0 saturated heterocycles. The van der Waals surface area contributed by atoms with Gasteiger partial charge in [-0.1, -0.05) is 65.8 Å². The van der Waals surface area contributed by atoms with Gasteiger partial charge in [-0.2, -0.15) is 4.68 Å². The maximum absolute atomic E-state index is 11.1. The van der Waals surface area contributed by atoms with Crippen molar-refractivity contribution >= 4 is 29.3 Å². The third-order valence-electron chi connectivity index (χ3n) is 4.30. The van der Waals surface area contributed by atoms with Crippen molar-refractivity contribution in [1.29, 1.82) is 0 Å². The third-order valence-corrected chi connectivity index (χ3v) is 5.80. The lowest BCUT2D eigenvalue weighted by Crippen LogP contribution is -2.03. The number of rotatable bonds is 6. The minimum Gasteiger partial charge on any atom is -0.478 e. The minimum atomic E-state index is -0.977. The second-order valence-corrected chi connectivity index (χ2v) is 7.69. The average molecular weight is 423 g/mol. The number of benzene rings is 3. The highest BCUT2D eigenvalue weighted by atomic mass is 35.5. The van der Waals surface area contributed by atoms with Gasteiger partial charge in [0.25, 0.3) is 0 Å². The van der Waals surface area contributed by atoms with Crippen LogP contribution in [0, 0.1) is 0 Å². The van der Waals surface area contributed by atoms with E-state index < -0.39 is 5.97 Å². The monoisotopic (exact) mass is 422 g/mol. The fraction of sp³-hybridized carbons (Fsp3) is 0.0476. The number of aromatic carboxylic acids is 1. The summed E-state index contributed by atoms with van der Waals surface area (Å²) >= 11 is 7.57. The quantitative estimate of drug-likeness (QED) is 0.445. The summed E-state index contributed by atoms with van der Waals surface area (Å²) in [7, 11) is 0. The van der Waals surface area contributed by atoms with Gasteiger partial charge in [0.2, 0.25) is 5.16 Å². The lowest BCUT2D eigenvalue weighted by atomic mass is 10.0. The molecule has 0 spiro atoms. The Bertz CT molecular complexity index is 1120. The molecule has 3 aromatic carbocycles. The van der Waals surface area contributed by atoms with Crippen molar-refractivity contribution in [2.75, 3.05) is 0 Å². The minimum absolute atomic E-state index is 0.0449. The van der Waals surface area contributed by atoms with Crippen LogP contribution in [0.25, 0.3) is 5.69 Å². The van der Waals surface area contributed by atoms with Crippen LogP contribution in [0.1, 0.15) is 26.7 Å². The second-order valence-electron chi connectivity index (χ2n) is 6.19. The molecule has 0 bridgehead atoms. The zero-order valence-corrected chi connectivity index (χ0v) is 16.6. The van der Waals surface area contributed by atoms with Crippen molar-refractivity contribution in [1.82, 2.24) is 20.2 Å². The van der Waals surface area contributed by atoms with Gasteiger partial charge in [0, 0.05) is 5.02 Å². The molecule has 1 heterocycles. The molecular formula is C21H15ClN4O2S. The van der Waals surface area contributed by atoms with Crippen molar-refractivity contribution < 1.29 is 9.90 Å². The summed E-state index contributed by atoms with van der Waals surface area (Å²) in [5.74, 6) is -0.977. The van der Waals surface area contributed by atoms with E-state index in [4.69, 9.17) is 16.7 Å². The van der Waals surface area contributed by atoms with E-state index in [2.05, 4.69) is 27.7 Å². The van der Waals surface area contributed by atoms with Crippen molar-refractivity contribution in [2.24, 2.45) is 0 Å². The number of carboxylic acids is 1. The predicted octanol–water partition coefficient (Wildman–Crippen LogP) is 4.90. The van der Waals surface area contributed by atoms with Crippen LogP contribution in [0.3, 0.4) is 0 Å². The summed E-state index contributed by atoms with van der Waals surface area (Å²) in [6.45, 7) is 0. The number of carboxylic acid groups (broad SMARTS) is 1. The van der Waals surface area contributed by atoms with Crippen LogP contribution in [0.15, 0.2) is 84.0 Å². The normalized spacial score (nSPS) is 11.9. The Balaban J connectivity index is 1.69. The Kier molecular flexibility index (Phi) is 5.59. The van der Waals surface area contributed by atoms with E-state index in [9.17, 15) is 4.79 Å². The van der Waals surface area contributed by atoms with Crippen molar-refractivity contribution in [2.45, 2.75) is 10.4 Å². The summed E-state index contributed by atoms with van der Waals surface area (Å²) in [5.41, 5.74) is 3.07. The lowest BCUT2D eigenvalue weighted by molar-refractivity contribution is 0.0697. The van der Waals surface area contributed by atoms with Crippen LogP contribution in [0.5, 0.6) is 0 Å². The Morgan fingerprint density at radius 3 is 2.24 bits per heavy atom. The molecule has 0 amide bonds. The van der Waals surface area contributed by atoms with Crippen molar-refractivity contribution in [3.8, 4) is 5.69 Å². The van der Waals surface area contributed by atoms with Gasteiger partial charge in [0.05, 0.1) is 16.5 Å². The zero-order valence-electron chi connectivity index (χ0n) is 15.0. The number of carbonyl (C=O) groups is 1. The highest BCUT2D eigenvalue weighted by molar-refractivity contribution is 7.99. The van der Waals surface area contributed by atoms with Crippen LogP contribution < -0.4 is 0 Å². The molecule has 0 aliphatic heterocycles. The maximum atomic E-state index is 11.1. The molecule has 144 valence electrons. The maximum Gasteiger partial charge on any atom is 0.335 e. The third kappa shape index (κ3) is 4.31.